The Labute approximate surface area is 134 Å². The molecule has 1 fully saturated rings. The molecule has 0 spiro atoms. The molecule has 1 aliphatic rings. The highest BCUT2D eigenvalue weighted by molar-refractivity contribution is 5.60. The number of benzene rings is 1. The summed E-state index contributed by atoms with van der Waals surface area (Å²) in [5, 5.41) is 6.89. The number of methoxy groups -OCH3 is 1. The number of nitrogens with zero attached hydrogens (tertiary/aromatic N) is 2. The van der Waals surface area contributed by atoms with Gasteiger partial charge in [-0.3, -0.25) is 0 Å². The lowest BCUT2D eigenvalue weighted by Crippen LogP contribution is -2.43. The number of ether oxygens (including phenoxy) is 1. The zero-order valence-corrected chi connectivity index (χ0v) is 14.2. The summed E-state index contributed by atoms with van der Waals surface area (Å²) in [7, 11) is 5.98. The highest BCUT2D eigenvalue weighted by Crippen LogP contribution is 2.29. The maximum Gasteiger partial charge on any atom is 0.142 e. The normalized spacial score (nSPS) is 15.4. The summed E-state index contributed by atoms with van der Waals surface area (Å²) in [4.78, 5) is 4.61. The Morgan fingerprint density at radius 1 is 1.27 bits per heavy atom. The molecule has 1 aromatic rings. The van der Waals surface area contributed by atoms with E-state index in [2.05, 4.69) is 52.7 Å². The molecule has 0 bridgehead atoms. The Bertz CT molecular complexity index is 444. The van der Waals surface area contributed by atoms with Crippen LogP contribution >= 0.6 is 0 Å². The van der Waals surface area contributed by atoms with Gasteiger partial charge < -0.3 is 25.2 Å². The second-order valence-electron chi connectivity index (χ2n) is 6.08. The predicted molar refractivity (Wildman–Crippen MR) is 93.0 cm³/mol. The van der Waals surface area contributed by atoms with Gasteiger partial charge in [-0.05, 0) is 51.3 Å². The van der Waals surface area contributed by atoms with Crippen molar-refractivity contribution in [2.75, 3.05) is 65.4 Å². The molecule has 22 heavy (non-hydrogen) atoms. The summed E-state index contributed by atoms with van der Waals surface area (Å²) < 4.78 is 5.60. The quantitative estimate of drug-likeness (QED) is 0.705. The van der Waals surface area contributed by atoms with Crippen molar-refractivity contribution in [2.24, 2.45) is 0 Å². The lowest BCUT2D eigenvalue weighted by Gasteiger charge is -2.30. The van der Waals surface area contributed by atoms with Gasteiger partial charge in [-0.1, -0.05) is 6.07 Å². The van der Waals surface area contributed by atoms with Crippen molar-refractivity contribution in [1.82, 2.24) is 15.5 Å². The number of anilines is 1. The standard InChI is InChI=1S/C17H30N4O/c1-20(2)10-4-7-19-14-15-5-6-16(17(13-15)22-3)21-11-8-18-9-12-21/h5-6,13,18-19H,4,7-12,14H2,1-3H3. The van der Waals surface area contributed by atoms with Crippen LogP contribution in [0.2, 0.25) is 0 Å². The minimum Gasteiger partial charge on any atom is -0.495 e. The maximum atomic E-state index is 5.60. The molecule has 5 heteroatoms. The first-order valence-corrected chi connectivity index (χ1v) is 8.18. The van der Waals surface area contributed by atoms with Crippen molar-refractivity contribution in [3.05, 3.63) is 23.8 Å². The molecule has 124 valence electrons. The average molecular weight is 306 g/mol. The van der Waals surface area contributed by atoms with E-state index in [1.54, 1.807) is 7.11 Å². The van der Waals surface area contributed by atoms with E-state index >= 15 is 0 Å². The molecule has 0 radical (unpaired) electrons. The van der Waals surface area contributed by atoms with E-state index in [1.807, 2.05) is 0 Å². The molecular formula is C17H30N4O. The van der Waals surface area contributed by atoms with Crippen molar-refractivity contribution in [3.63, 3.8) is 0 Å². The molecule has 1 aliphatic heterocycles. The molecule has 0 atom stereocenters. The third kappa shape index (κ3) is 5.16. The first-order chi connectivity index (χ1) is 10.7. The largest absolute Gasteiger partial charge is 0.495 e. The molecule has 0 amide bonds. The Kier molecular flexibility index (Phi) is 6.96. The minimum absolute atomic E-state index is 0.894. The van der Waals surface area contributed by atoms with Gasteiger partial charge >= 0.3 is 0 Å². The fourth-order valence-corrected chi connectivity index (χ4v) is 2.75. The second kappa shape index (κ2) is 8.98. The first-order valence-electron chi connectivity index (χ1n) is 8.18. The predicted octanol–water partition coefficient (Wildman–Crippen LogP) is 1.15. The molecule has 0 aromatic heterocycles. The van der Waals surface area contributed by atoms with Gasteiger partial charge in [-0.2, -0.15) is 0 Å². The zero-order chi connectivity index (χ0) is 15.8. The third-order valence-electron chi connectivity index (χ3n) is 3.99. The highest BCUT2D eigenvalue weighted by atomic mass is 16.5. The van der Waals surface area contributed by atoms with Gasteiger partial charge in [0.1, 0.15) is 5.75 Å². The van der Waals surface area contributed by atoms with E-state index in [9.17, 15) is 0 Å². The molecular weight excluding hydrogens is 276 g/mol. The van der Waals surface area contributed by atoms with E-state index in [0.29, 0.717) is 0 Å². The van der Waals surface area contributed by atoms with Crippen molar-refractivity contribution in [2.45, 2.75) is 13.0 Å². The van der Waals surface area contributed by atoms with Gasteiger partial charge in [0.15, 0.2) is 0 Å². The summed E-state index contributed by atoms with van der Waals surface area (Å²) in [6.07, 6.45) is 1.17. The highest BCUT2D eigenvalue weighted by Gasteiger charge is 2.15. The number of piperazine rings is 1. The Balaban J connectivity index is 1.88. The molecule has 0 aliphatic carbocycles. The monoisotopic (exact) mass is 306 g/mol. The summed E-state index contributed by atoms with van der Waals surface area (Å²) in [5.41, 5.74) is 2.49. The van der Waals surface area contributed by atoms with Gasteiger partial charge in [-0.15, -0.1) is 0 Å². The van der Waals surface area contributed by atoms with E-state index < -0.39 is 0 Å². The minimum atomic E-state index is 0.894. The molecule has 0 saturated carbocycles. The van der Waals surface area contributed by atoms with Crippen LogP contribution in [0.1, 0.15) is 12.0 Å². The van der Waals surface area contributed by atoms with Crippen molar-refractivity contribution in [1.29, 1.82) is 0 Å². The van der Waals surface area contributed by atoms with Crippen LogP contribution < -0.4 is 20.3 Å². The molecule has 1 heterocycles. The molecule has 2 rings (SSSR count). The van der Waals surface area contributed by atoms with Crippen molar-refractivity contribution in [3.8, 4) is 5.75 Å². The lowest BCUT2D eigenvalue weighted by molar-refractivity contribution is 0.394. The van der Waals surface area contributed by atoms with Crippen LogP contribution in [0.25, 0.3) is 0 Å². The van der Waals surface area contributed by atoms with Gasteiger partial charge in [0.05, 0.1) is 12.8 Å². The molecule has 1 saturated heterocycles. The molecule has 2 N–H and O–H groups in total. The summed E-state index contributed by atoms with van der Waals surface area (Å²) in [6.45, 7) is 7.22. The molecule has 0 unspecified atom stereocenters. The topological polar surface area (TPSA) is 39.8 Å². The summed E-state index contributed by atoms with van der Waals surface area (Å²) in [6, 6.07) is 6.57. The SMILES string of the molecule is COc1cc(CNCCCN(C)C)ccc1N1CCNCC1. The van der Waals surface area contributed by atoms with Crippen molar-refractivity contribution < 1.29 is 4.74 Å². The molecule has 5 nitrogen and oxygen atoms in total. The van der Waals surface area contributed by atoms with Gasteiger partial charge in [-0.25, -0.2) is 0 Å². The molecule has 1 aromatic carbocycles. The van der Waals surface area contributed by atoms with Gasteiger partial charge in [0, 0.05) is 32.7 Å². The third-order valence-corrected chi connectivity index (χ3v) is 3.99. The van der Waals surface area contributed by atoms with Crippen LogP contribution in [0.3, 0.4) is 0 Å². The summed E-state index contributed by atoms with van der Waals surface area (Å²) in [5.74, 6) is 0.981. The van der Waals surface area contributed by atoms with E-state index in [1.165, 1.54) is 17.7 Å². The first kappa shape index (κ1) is 17.1. The van der Waals surface area contributed by atoms with Crippen LogP contribution in [0.5, 0.6) is 5.75 Å². The second-order valence-corrected chi connectivity index (χ2v) is 6.08. The Morgan fingerprint density at radius 2 is 2.05 bits per heavy atom. The zero-order valence-electron chi connectivity index (χ0n) is 14.2. The lowest BCUT2D eigenvalue weighted by atomic mass is 10.1. The average Bonchev–Trinajstić information content (AvgIpc) is 2.55. The van der Waals surface area contributed by atoms with Gasteiger partial charge in [0.2, 0.25) is 0 Å². The van der Waals surface area contributed by atoms with Crippen LogP contribution in [0.15, 0.2) is 18.2 Å². The van der Waals surface area contributed by atoms with Crippen molar-refractivity contribution >= 4 is 5.69 Å². The fraction of sp³-hybridized carbons (Fsp3) is 0.647. The summed E-state index contributed by atoms with van der Waals surface area (Å²) >= 11 is 0. The van der Waals surface area contributed by atoms with Crippen LogP contribution in [0, 0.1) is 0 Å². The van der Waals surface area contributed by atoms with Crippen LogP contribution in [-0.2, 0) is 6.54 Å². The Hall–Kier alpha value is -1.30. The number of nitrogens with one attached hydrogen (secondary N) is 2. The van der Waals surface area contributed by atoms with E-state index in [0.717, 1.165) is 51.6 Å². The van der Waals surface area contributed by atoms with Crippen LogP contribution in [0.4, 0.5) is 5.69 Å². The Morgan fingerprint density at radius 3 is 2.73 bits per heavy atom. The van der Waals surface area contributed by atoms with E-state index in [4.69, 9.17) is 4.74 Å². The number of rotatable bonds is 8. The number of hydrogen-bond acceptors (Lipinski definition) is 5. The fourth-order valence-electron chi connectivity index (χ4n) is 2.75. The number of hydrogen-bond donors (Lipinski definition) is 2. The maximum absolute atomic E-state index is 5.60. The van der Waals surface area contributed by atoms with Gasteiger partial charge in [0.25, 0.3) is 0 Å². The smallest absolute Gasteiger partial charge is 0.142 e. The van der Waals surface area contributed by atoms with E-state index in [-0.39, 0.29) is 0 Å². The van der Waals surface area contributed by atoms with Crippen LogP contribution in [-0.4, -0.2) is 65.4 Å².